The number of furan rings is 1. The van der Waals surface area contributed by atoms with E-state index in [1.165, 1.54) is 25.5 Å². The van der Waals surface area contributed by atoms with Crippen molar-refractivity contribution in [2.24, 2.45) is 5.16 Å². The second-order valence-corrected chi connectivity index (χ2v) is 2.17. The Balaban J connectivity index is 2.60. The topological polar surface area (TPSA) is 75.6 Å². The number of carbonyl (C=O) groups is 1. The minimum absolute atomic E-state index is 0.359. The number of hydrogen-bond donors (Lipinski definition) is 0. The van der Waals surface area contributed by atoms with Crippen LogP contribution < -0.4 is 0 Å². The lowest BCUT2D eigenvalue weighted by Gasteiger charge is -1.85. The molecular formula is C8H6N2O3. The first-order chi connectivity index (χ1) is 6.22. The molecule has 1 rings (SSSR count). The lowest BCUT2D eigenvalue weighted by atomic mass is 10.3. The van der Waals surface area contributed by atoms with Gasteiger partial charge in [0.1, 0.15) is 24.3 Å². The van der Waals surface area contributed by atoms with Crippen molar-refractivity contribution in [1.29, 1.82) is 5.26 Å². The normalized spacial score (nSPS) is 9.85. The fourth-order valence-electron chi connectivity index (χ4n) is 0.632. The van der Waals surface area contributed by atoms with E-state index in [4.69, 9.17) is 9.68 Å². The van der Waals surface area contributed by atoms with Crippen LogP contribution >= 0.6 is 0 Å². The number of oxime groups is 1. The van der Waals surface area contributed by atoms with Gasteiger partial charge in [-0.1, -0.05) is 5.16 Å². The van der Waals surface area contributed by atoms with Gasteiger partial charge in [-0.15, -0.1) is 0 Å². The molecule has 0 saturated heterocycles. The van der Waals surface area contributed by atoms with Gasteiger partial charge in [0.25, 0.3) is 0 Å². The maximum Gasteiger partial charge on any atom is 0.331 e. The molecule has 1 aromatic rings. The van der Waals surface area contributed by atoms with Gasteiger partial charge >= 0.3 is 5.97 Å². The molecule has 0 N–H and O–H groups in total. The van der Waals surface area contributed by atoms with Gasteiger partial charge in [-0.25, -0.2) is 4.79 Å². The number of carbonyl (C=O) groups excluding carboxylic acids is 1. The van der Waals surface area contributed by atoms with Crippen molar-refractivity contribution in [3.8, 4) is 6.07 Å². The van der Waals surface area contributed by atoms with E-state index in [-0.39, 0.29) is 0 Å². The second-order valence-electron chi connectivity index (χ2n) is 2.17. The number of hydrogen-bond acceptors (Lipinski definition) is 5. The minimum Gasteiger partial charge on any atom is -0.462 e. The Bertz CT molecular complexity index is 373. The predicted octanol–water partition coefficient (Wildman–Crippen LogP) is 1.05. The van der Waals surface area contributed by atoms with E-state index in [0.717, 1.165) is 0 Å². The van der Waals surface area contributed by atoms with Crippen molar-refractivity contribution in [3.63, 3.8) is 0 Å². The summed E-state index contributed by atoms with van der Waals surface area (Å²) in [5, 5.41) is 11.7. The Labute approximate surface area is 74.2 Å². The van der Waals surface area contributed by atoms with Crippen molar-refractivity contribution in [3.05, 3.63) is 23.7 Å². The van der Waals surface area contributed by atoms with E-state index in [1.807, 2.05) is 6.07 Å². The summed E-state index contributed by atoms with van der Waals surface area (Å²) in [7, 11) is 0. The molecule has 0 aliphatic carbocycles. The molecule has 0 atom stereocenters. The maximum absolute atomic E-state index is 10.3. The fourth-order valence-corrected chi connectivity index (χ4v) is 0.632. The summed E-state index contributed by atoms with van der Waals surface area (Å²) in [5.41, 5.74) is 0.393. The summed E-state index contributed by atoms with van der Waals surface area (Å²) in [6.07, 6.45) is 2.50. The average Bonchev–Trinajstić information content (AvgIpc) is 2.52. The van der Waals surface area contributed by atoms with Crippen LogP contribution in [-0.4, -0.2) is 12.2 Å². The van der Waals surface area contributed by atoms with Crippen molar-refractivity contribution < 1.29 is 14.0 Å². The highest BCUT2D eigenvalue weighted by Crippen LogP contribution is 2.03. The van der Waals surface area contributed by atoms with Gasteiger partial charge in [-0.2, -0.15) is 5.26 Å². The molecule has 1 heterocycles. The predicted molar refractivity (Wildman–Crippen MR) is 42.8 cm³/mol. The summed E-state index contributed by atoms with van der Waals surface area (Å²) in [4.78, 5) is 14.6. The molecule has 0 radical (unpaired) electrons. The molecule has 0 unspecified atom stereocenters. The molecule has 13 heavy (non-hydrogen) atoms. The monoisotopic (exact) mass is 178 g/mol. The van der Waals surface area contributed by atoms with E-state index in [2.05, 4.69) is 9.99 Å². The summed E-state index contributed by atoms with van der Waals surface area (Å²) in [6, 6.07) is 3.36. The van der Waals surface area contributed by atoms with E-state index in [1.54, 1.807) is 0 Å². The van der Waals surface area contributed by atoms with E-state index in [0.29, 0.717) is 11.3 Å². The van der Waals surface area contributed by atoms with Gasteiger partial charge in [0.05, 0.1) is 5.56 Å². The lowest BCUT2D eigenvalue weighted by molar-refractivity contribution is -0.140. The van der Waals surface area contributed by atoms with Crippen LogP contribution in [0.3, 0.4) is 0 Å². The Morgan fingerprint density at radius 2 is 2.62 bits per heavy atom. The second kappa shape index (κ2) is 4.07. The molecule has 66 valence electrons. The third-order valence-corrected chi connectivity index (χ3v) is 1.11. The van der Waals surface area contributed by atoms with Crippen LogP contribution in [0.4, 0.5) is 0 Å². The Hall–Kier alpha value is -2.09. The van der Waals surface area contributed by atoms with Crippen LogP contribution in [-0.2, 0) is 9.63 Å². The Morgan fingerprint density at radius 3 is 3.15 bits per heavy atom. The zero-order valence-corrected chi connectivity index (χ0v) is 6.85. The first kappa shape index (κ1) is 9.00. The highest BCUT2D eigenvalue weighted by Gasteiger charge is 1.97. The van der Waals surface area contributed by atoms with Crippen molar-refractivity contribution in [1.82, 2.24) is 0 Å². The molecule has 5 heteroatoms. The minimum atomic E-state index is -0.511. The van der Waals surface area contributed by atoms with E-state index in [9.17, 15) is 4.79 Å². The molecule has 1 aromatic heterocycles. The summed E-state index contributed by atoms with van der Waals surface area (Å²) < 4.78 is 4.87. The van der Waals surface area contributed by atoms with Crippen molar-refractivity contribution >= 4 is 12.2 Å². The maximum atomic E-state index is 10.3. The summed E-state index contributed by atoms with van der Waals surface area (Å²) in [5.74, 6) is -0.152. The first-order valence-electron chi connectivity index (χ1n) is 3.42. The molecule has 0 bridgehead atoms. The molecule has 0 aliphatic rings. The van der Waals surface area contributed by atoms with E-state index >= 15 is 0 Å². The lowest BCUT2D eigenvalue weighted by Crippen LogP contribution is -1.90. The van der Waals surface area contributed by atoms with Crippen LogP contribution in [0.1, 0.15) is 18.2 Å². The largest absolute Gasteiger partial charge is 0.462 e. The quantitative estimate of drug-likeness (QED) is 0.385. The summed E-state index contributed by atoms with van der Waals surface area (Å²) in [6.45, 7) is 1.24. The number of nitriles is 1. The third-order valence-electron chi connectivity index (χ3n) is 1.11. The van der Waals surface area contributed by atoms with Gasteiger partial charge in [0.2, 0.25) is 0 Å². The Morgan fingerprint density at radius 1 is 1.85 bits per heavy atom. The molecule has 0 aromatic carbocycles. The smallest absolute Gasteiger partial charge is 0.331 e. The fraction of sp³-hybridized carbons (Fsp3) is 0.125. The van der Waals surface area contributed by atoms with Crippen LogP contribution in [0.5, 0.6) is 0 Å². The Kier molecular flexibility index (Phi) is 2.82. The molecule has 0 fully saturated rings. The standard InChI is InChI=1S/C8H6N2O3/c1-6(11)13-10-4-8-2-7(3-9)5-12-8/h2,4-5H,1H3. The van der Waals surface area contributed by atoms with Gasteiger partial charge in [-0.3, -0.25) is 0 Å². The first-order valence-corrected chi connectivity index (χ1v) is 3.42. The summed E-state index contributed by atoms with van der Waals surface area (Å²) >= 11 is 0. The van der Waals surface area contributed by atoms with Gasteiger partial charge in [-0.05, 0) is 0 Å². The van der Waals surface area contributed by atoms with Gasteiger partial charge in [0.15, 0.2) is 0 Å². The molecule has 5 nitrogen and oxygen atoms in total. The van der Waals surface area contributed by atoms with Crippen LogP contribution in [0.2, 0.25) is 0 Å². The van der Waals surface area contributed by atoms with Crippen LogP contribution in [0.15, 0.2) is 21.9 Å². The SMILES string of the molecule is CC(=O)ON=Cc1cc(C#N)co1. The van der Waals surface area contributed by atoms with Gasteiger partial charge in [0, 0.05) is 13.0 Å². The molecule has 0 amide bonds. The van der Waals surface area contributed by atoms with Crippen LogP contribution in [0, 0.1) is 11.3 Å². The highest BCUT2D eigenvalue weighted by atomic mass is 16.7. The van der Waals surface area contributed by atoms with Crippen molar-refractivity contribution in [2.75, 3.05) is 0 Å². The molecular weight excluding hydrogens is 172 g/mol. The molecule has 0 spiro atoms. The zero-order chi connectivity index (χ0) is 9.68. The number of rotatable bonds is 2. The molecule has 0 saturated carbocycles. The average molecular weight is 178 g/mol. The third kappa shape index (κ3) is 2.79. The number of nitrogens with zero attached hydrogens (tertiary/aromatic N) is 2. The van der Waals surface area contributed by atoms with E-state index < -0.39 is 5.97 Å². The molecule has 0 aliphatic heterocycles. The van der Waals surface area contributed by atoms with Gasteiger partial charge < -0.3 is 9.25 Å². The highest BCUT2D eigenvalue weighted by molar-refractivity contribution is 5.77. The zero-order valence-electron chi connectivity index (χ0n) is 6.85. The van der Waals surface area contributed by atoms with Crippen molar-refractivity contribution in [2.45, 2.75) is 6.92 Å². The van der Waals surface area contributed by atoms with Crippen LogP contribution in [0.25, 0.3) is 0 Å².